The highest BCUT2D eigenvalue weighted by atomic mass is 19.3. The molecule has 11 heteroatoms. The Kier molecular flexibility index (Phi) is 7.33. The molecule has 0 radical (unpaired) electrons. The molecule has 0 saturated carbocycles. The zero-order valence-corrected chi connectivity index (χ0v) is 18.7. The van der Waals surface area contributed by atoms with E-state index in [1.165, 1.54) is 40.6 Å². The monoisotopic (exact) mass is 482 g/mol. The number of benzene rings is 2. The molecule has 2 aromatic carbocycles. The van der Waals surface area contributed by atoms with Gasteiger partial charge in [-0.3, -0.25) is 9.78 Å². The molecule has 7 nitrogen and oxygen atoms in total. The first-order chi connectivity index (χ1) is 16.2. The van der Waals surface area contributed by atoms with Crippen molar-refractivity contribution in [1.29, 1.82) is 0 Å². The number of nitrogens with zero attached hydrogens (tertiary/aromatic N) is 1. The van der Waals surface area contributed by atoms with Gasteiger partial charge in [-0.05, 0) is 35.2 Å². The summed E-state index contributed by atoms with van der Waals surface area (Å²) < 4.78 is 73.7. The molecule has 3 aromatic rings. The lowest BCUT2D eigenvalue weighted by atomic mass is 10.0. The van der Waals surface area contributed by atoms with Crippen LogP contribution >= 0.6 is 0 Å². The summed E-state index contributed by atoms with van der Waals surface area (Å²) in [7, 11) is 5.66. The topological polar surface area (TPSA) is 78.9 Å². The van der Waals surface area contributed by atoms with Crippen LogP contribution in [0.1, 0.15) is 11.3 Å². The van der Waals surface area contributed by atoms with Crippen LogP contribution in [0.15, 0.2) is 36.5 Å². The zero-order chi connectivity index (χ0) is 25.0. The SMILES string of the molecule is COc1cc(Cc2nccc3cc(OC)c(OC)cc23)c(NC(=O)C(F)(F)C(F)F)cc1OC. The molecule has 34 heavy (non-hydrogen) atoms. The Morgan fingerprint density at radius 3 is 2.09 bits per heavy atom. The summed E-state index contributed by atoms with van der Waals surface area (Å²) in [5.74, 6) is -5.73. The van der Waals surface area contributed by atoms with Gasteiger partial charge in [0.15, 0.2) is 23.0 Å². The number of hydrogen-bond acceptors (Lipinski definition) is 6. The second kappa shape index (κ2) is 10.0. The fourth-order valence-electron chi connectivity index (χ4n) is 3.37. The Morgan fingerprint density at radius 2 is 1.50 bits per heavy atom. The van der Waals surface area contributed by atoms with E-state index in [1.54, 1.807) is 24.4 Å². The number of hydrogen-bond donors (Lipinski definition) is 1. The highest BCUT2D eigenvalue weighted by molar-refractivity contribution is 5.97. The van der Waals surface area contributed by atoms with Gasteiger partial charge in [0.25, 0.3) is 0 Å². The van der Waals surface area contributed by atoms with Gasteiger partial charge < -0.3 is 24.3 Å². The highest BCUT2D eigenvalue weighted by Gasteiger charge is 2.49. The third-order valence-corrected chi connectivity index (χ3v) is 5.14. The average molecular weight is 482 g/mol. The number of nitrogens with one attached hydrogen (secondary N) is 1. The Hall–Kier alpha value is -3.76. The van der Waals surface area contributed by atoms with Crippen LogP contribution in [0, 0.1) is 0 Å². The molecule has 0 aliphatic rings. The van der Waals surface area contributed by atoms with Crippen LogP contribution in [-0.2, 0) is 11.2 Å². The van der Waals surface area contributed by atoms with E-state index >= 15 is 0 Å². The molecule has 1 amide bonds. The Bertz CT molecular complexity index is 1200. The van der Waals surface area contributed by atoms with E-state index in [4.69, 9.17) is 18.9 Å². The van der Waals surface area contributed by atoms with Gasteiger partial charge in [-0.15, -0.1) is 0 Å². The van der Waals surface area contributed by atoms with Crippen molar-refractivity contribution in [3.63, 3.8) is 0 Å². The van der Waals surface area contributed by atoms with Crippen molar-refractivity contribution >= 4 is 22.4 Å². The van der Waals surface area contributed by atoms with Crippen LogP contribution in [-0.4, -0.2) is 51.7 Å². The summed E-state index contributed by atoms with van der Waals surface area (Å²) >= 11 is 0. The maximum Gasteiger partial charge on any atom is 0.383 e. The van der Waals surface area contributed by atoms with Gasteiger partial charge in [0.05, 0.1) is 34.1 Å². The lowest BCUT2D eigenvalue weighted by molar-refractivity contribution is -0.163. The molecule has 0 saturated heterocycles. The van der Waals surface area contributed by atoms with E-state index in [2.05, 4.69) is 4.98 Å². The number of amides is 1. The fraction of sp³-hybridized carbons (Fsp3) is 0.304. The minimum atomic E-state index is -4.88. The summed E-state index contributed by atoms with van der Waals surface area (Å²) in [5, 5.41) is 3.32. The first kappa shape index (κ1) is 24.9. The maximum absolute atomic E-state index is 13.6. The van der Waals surface area contributed by atoms with E-state index in [-0.39, 0.29) is 29.2 Å². The third kappa shape index (κ3) is 4.78. The molecule has 0 spiro atoms. The van der Waals surface area contributed by atoms with E-state index in [9.17, 15) is 22.4 Å². The van der Waals surface area contributed by atoms with E-state index in [0.717, 1.165) is 5.39 Å². The van der Waals surface area contributed by atoms with Gasteiger partial charge in [-0.2, -0.15) is 8.78 Å². The van der Waals surface area contributed by atoms with Crippen molar-refractivity contribution < 1.29 is 41.3 Å². The molecule has 0 fully saturated rings. The molecule has 3 rings (SSSR count). The van der Waals surface area contributed by atoms with Crippen molar-refractivity contribution in [2.45, 2.75) is 18.8 Å². The van der Waals surface area contributed by atoms with Crippen molar-refractivity contribution in [1.82, 2.24) is 4.98 Å². The number of rotatable bonds is 9. The van der Waals surface area contributed by atoms with Gasteiger partial charge >= 0.3 is 18.3 Å². The number of pyridine rings is 1. The zero-order valence-electron chi connectivity index (χ0n) is 18.7. The Morgan fingerprint density at radius 1 is 0.941 bits per heavy atom. The molecule has 0 bridgehead atoms. The molecule has 1 aromatic heterocycles. The number of carbonyl (C=O) groups excluding carboxylic acids is 1. The highest BCUT2D eigenvalue weighted by Crippen LogP contribution is 2.38. The number of carbonyl (C=O) groups is 1. The standard InChI is InChI=1S/C23H22F4N2O5/c1-31-17-8-12-5-6-28-16(14(12)10-19(17)33-3)7-13-9-18(32-2)20(34-4)11-15(13)29-22(30)23(26,27)21(24)25/h5-6,8-11,21H,7H2,1-4H3,(H,29,30). The van der Waals surface area contributed by atoms with Crippen molar-refractivity contribution in [2.24, 2.45) is 0 Å². The van der Waals surface area contributed by atoms with Gasteiger partial charge in [-0.25, -0.2) is 8.78 Å². The summed E-state index contributed by atoms with van der Waals surface area (Å²) in [4.78, 5) is 16.3. The second-order valence-electron chi connectivity index (χ2n) is 7.10. The van der Waals surface area contributed by atoms with Gasteiger partial charge in [-0.1, -0.05) is 0 Å². The molecule has 1 N–H and O–H groups in total. The number of fused-ring (bicyclic) bond motifs is 1. The molecule has 0 aliphatic heterocycles. The summed E-state index contributed by atoms with van der Waals surface area (Å²) in [5.41, 5.74) is 0.634. The average Bonchev–Trinajstić information content (AvgIpc) is 2.83. The molecular weight excluding hydrogens is 460 g/mol. The van der Waals surface area contributed by atoms with Gasteiger partial charge in [0.1, 0.15) is 0 Å². The van der Waals surface area contributed by atoms with Crippen molar-refractivity contribution in [3.05, 3.63) is 47.8 Å². The largest absolute Gasteiger partial charge is 0.493 e. The number of halogens is 4. The van der Waals surface area contributed by atoms with Crippen LogP contribution in [0.5, 0.6) is 23.0 Å². The molecular formula is C23H22F4N2O5. The summed E-state index contributed by atoms with van der Waals surface area (Å²) in [6, 6.07) is 7.89. The minimum absolute atomic E-state index is 0.0308. The minimum Gasteiger partial charge on any atom is -0.493 e. The predicted molar refractivity (Wildman–Crippen MR) is 117 cm³/mol. The smallest absolute Gasteiger partial charge is 0.383 e. The normalized spacial score (nSPS) is 11.4. The van der Waals surface area contributed by atoms with Gasteiger partial charge in [0, 0.05) is 29.8 Å². The molecule has 1 heterocycles. The van der Waals surface area contributed by atoms with Crippen LogP contribution in [0.25, 0.3) is 10.8 Å². The van der Waals surface area contributed by atoms with E-state index < -0.39 is 18.3 Å². The summed E-state index contributed by atoms with van der Waals surface area (Å²) in [6.07, 6.45) is -2.59. The molecule has 0 atom stereocenters. The number of methoxy groups -OCH3 is 4. The van der Waals surface area contributed by atoms with Crippen LogP contribution < -0.4 is 24.3 Å². The Labute approximate surface area is 192 Å². The predicted octanol–water partition coefficient (Wildman–Crippen LogP) is 4.70. The first-order valence-electron chi connectivity index (χ1n) is 9.88. The van der Waals surface area contributed by atoms with Crippen LogP contribution in [0.2, 0.25) is 0 Å². The number of aromatic nitrogens is 1. The van der Waals surface area contributed by atoms with Crippen molar-refractivity contribution in [2.75, 3.05) is 33.8 Å². The second-order valence-corrected chi connectivity index (χ2v) is 7.10. The number of anilines is 1. The quantitative estimate of drug-likeness (QED) is 0.446. The van der Waals surface area contributed by atoms with Crippen molar-refractivity contribution in [3.8, 4) is 23.0 Å². The third-order valence-electron chi connectivity index (χ3n) is 5.14. The summed E-state index contributed by atoms with van der Waals surface area (Å²) in [6.45, 7) is 0. The lowest BCUT2D eigenvalue weighted by Crippen LogP contribution is -2.41. The molecule has 0 unspecified atom stereocenters. The lowest BCUT2D eigenvalue weighted by Gasteiger charge is -2.19. The Balaban J connectivity index is 2.12. The maximum atomic E-state index is 13.6. The van der Waals surface area contributed by atoms with Crippen LogP contribution in [0.3, 0.4) is 0 Å². The van der Waals surface area contributed by atoms with E-state index in [0.29, 0.717) is 22.6 Å². The number of ether oxygens (including phenoxy) is 4. The fourth-order valence-corrected chi connectivity index (χ4v) is 3.37. The van der Waals surface area contributed by atoms with Gasteiger partial charge in [0.2, 0.25) is 0 Å². The van der Waals surface area contributed by atoms with E-state index in [1.807, 2.05) is 5.32 Å². The van der Waals surface area contributed by atoms with Crippen LogP contribution in [0.4, 0.5) is 23.2 Å². The molecule has 182 valence electrons. The number of alkyl halides is 4. The first-order valence-corrected chi connectivity index (χ1v) is 9.88. The molecule has 0 aliphatic carbocycles.